The smallest absolute Gasteiger partial charge is 0.322 e. The van der Waals surface area contributed by atoms with E-state index in [9.17, 15) is 18.3 Å². The third-order valence-corrected chi connectivity index (χ3v) is 7.11. The number of carbonyl (C=O) groups is 1. The number of hydrogen-bond donors (Lipinski definition) is 1. The Morgan fingerprint density at radius 1 is 1.11 bits per heavy atom. The van der Waals surface area contributed by atoms with E-state index in [1.54, 1.807) is 12.1 Å². The Bertz CT molecular complexity index is 896. The molecule has 3 rings (SSSR count). The summed E-state index contributed by atoms with van der Waals surface area (Å²) in [6, 6.07) is 14.6. The Hall–Kier alpha value is -2.38. The van der Waals surface area contributed by atoms with Crippen molar-refractivity contribution < 1.29 is 23.1 Å². The average molecular weight is 404 g/mol. The van der Waals surface area contributed by atoms with Crippen LogP contribution in [0.1, 0.15) is 24.8 Å². The zero-order chi connectivity index (χ0) is 20.1. The Labute approximate surface area is 165 Å². The number of nitrogens with zero attached hydrogens (tertiary/aromatic N) is 1. The maximum atomic E-state index is 13.3. The monoisotopic (exact) mass is 403 g/mol. The van der Waals surface area contributed by atoms with Crippen LogP contribution in [0, 0.1) is 5.92 Å². The summed E-state index contributed by atoms with van der Waals surface area (Å²) < 4.78 is 32.8. The van der Waals surface area contributed by atoms with Crippen LogP contribution < -0.4 is 4.74 Å². The first-order valence-electron chi connectivity index (χ1n) is 9.36. The molecule has 1 heterocycles. The minimum absolute atomic E-state index is 0.0833. The van der Waals surface area contributed by atoms with Crippen LogP contribution >= 0.6 is 0 Å². The van der Waals surface area contributed by atoms with Gasteiger partial charge in [0.25, 0.3) is 0 Å². The fourth-order valence-electron chi connectivity index (χ4n) is 3.81. The maximum absolute atomic E-state index is 13.3. The van der Waals surface area contributed by atoms with Crippen molar-refractivity contribution in [2.75, 3.05) is 13.7 Å². The number of carboxylic acid groups (broad SMARTS) is 1. The van der Waals surface area contributed by atoms with Crippen LogP contribution in [0.15, 0.2) is 59.5 Å². The molecule has 150 valence electrons. The molecule has 1 N–H and O–H groups in total. The third kappa shape index (κ3) is 4.36. The lowest BCUT2D eigenvalue weighted by Crippen LogP contribution is -2.49. The van der Waals surface area contributed by atoms with E-state index in [2.05, 4.69) is 0 Å². The number of sulfonamides is 1. The number of hydrogen-bond acceptors (Lipinski definition) is 4. The molecule has 0 aromatic heterocycles. The maximum Gasteiger partial charge on any atom is 0.322 e. The quantitative estimate of drug-likeness (QED) is 0.801. The second-order valence-corrected chi connectivity index (χ2v) is 8.91. The van der Waals surface area contributed by atoms with Crippen molar-refractivity contribution in [2.45, 2.75) is 36.6 Å². The molecule has 0 radical (unpaired) electrons. The summed E-state index contributed by atoms with van der Waals surface area (Å²) in [6.07, 6.45) is 2.66. The van der Waals surface area contributed by atoms with Gasteiger partial charge in [-0.1, -0.05) is 36.8 Å². The van der Waals surface area contributed by atoms with Gasteiger partial charge in [0.05, 0.1) is 12.0 Å². The molecule has 2 aromatic rings. The van der Waals surface area contributed by atoms with Gasteiger partial charge in [-0.05, 0) is 55.0 Å². The summed E-state index contributed by atoms with van der Waals surface area (Å²) in [6.45, 7) is 0.205. The molecule has 1 aliphatic heterocycles. The lowest BCUT2D eigenvalue weighted by molar-refractivity contribution is -0.143. The minimum atomic E-state index is -3.93. The highest BCUT2D eigenvalue weighted by molar-refractivity contribution is 7.89. The highest BCUT2D eigenvalue weighted by atomic mass is 32.2. The summed E-state index contributed by atoms with van der Waals surface area (Å²) in [7, 11) is -2.43. The van der Waals surface area contributed by atoms with E-state index in [-0.39, 0.29) is 17.4 Å². The molecule has 2 unspecified atom stereocenters. The summed E-state index contributed by atoms with van der Waals surface area (Å²) in [5.74, 6) is -0.832. The molecule has 2 aromatic carbocycles. The van der Waals surface area contributed by atoms with Gasteiger partial charge < -0.3 is 9.84 Å². The number of ether oxygens (including phenoxy) is 1. The van der Waals surface area contributed by atoms with Crippen molar-refractivity contribution >= 4 is 16.0 Å². The van der Waals surface area contributed by atoms with Gasteiger partial charge in [-0.15, -0.1) is 0 Å². The van der Waals surface area contributed by atoms with Crippen LogP contribution in [0.5, 0.6) is 5.75 Å². The highest BCUT2D eigenvalue weighted by Crippen LogP contribution is 2.31. The molecule has 2 atom stereocenters. The SMILES string of the molecule is COc1ccc(S(=O)(=O)N2CCCCC(Cc3ccccc3)C2C(=O)O)cc1. The lowest BCUT2D eigenvalue weighted by atomic mass is 9.89. The second-order valence-electron chi connectivity index (χ2n) is 7.02. The topological polar surface area (TPSA) is 83.9 Å². The molecule has 0 bridgehead atoms. The van der Waals surface area contributed by atoms with E-state index in [1.165, 1.54) is 23.5 Å². The van der Waals surface area contributed by atoms with Gasteiger partial charge in [-0.3, -0.25) is 4.79 Å². The molecule has 0 aliphatic carbocycles. The number of carboxylic acids is 1. The fraction of sp³-hybridized carbons (Fsp3) is 0.381. The van der Waals surface area contributed by atoms with Crippen LogP contribution in [-0.2, 0) is 21.2 Å². The molecule has 0 amide bonds. The molecular weight excluding hydrogens is 378 g/mol. The van der Waals surface area contributed by atoms with Crippen molar-refractivity contribution in [3.63, 3.8) is 0 Å². The Balaban J connectivity index is 1.95. The Kier molecular flexibility index (Phi) is 6.36. The van der Waals surface area contributed by atoms with Gasteiger partial charge in [0, 0.05) is 6.54 Å². The van der Waals surface area contributed by atoms with E-state index in [1.807, 2.05) is 30.3 Å². The van der Waals surface area contributed by atoms with Gasteiger partial charge in [-0.2, -0.15) is 4.31 Å². The zero-order valence-electron chi connectivity index (χ0n) is 15.8. The molecule has 1 fully saturated rings. The molecular formula is C21H25NO5S. The molecule has 0 spiro atoms. The summed E-state index contributed by atoms with van der Waals surface area (Å²) in [5.41, 5.74) is 1.02. The summed E-state index contributed by atoms with van der Waals surface area (Å²) in [5, 5.41) is 9.95. The number of methoxy groups -OCH3 is 1. The van der Waals surface area contributed by atoms with E-state index < -0.39 is 22.0 Å². The predicted molar refractivity (Wildman–Crippen MR) is 106 cm³/mol. The Morgan fingerprint density at radius 3 is 2.39 bits per heavy atom. The van der Waals surface area contributed by atoms with Crippen LogP contribution in [0.25, 0.3) is 0 Å². The standard InChI is InChI=1S/C21H25NO5S/c1-27-18-10-12-19(13-11-18)28(25,26)22-14-6-5-9-17(20(22)21(23)24)15-16-7-3-2-4-8-16/h2-4,7-8,10-13,17,20H,5-6,9,14-15H2,1H3,(H,23,24). The van der Waals surface area contributed by atoms with Gasteiger partial charge >= 0.3 is 5.97 Å². The average Bonchev–Trinajstić information content (AvgIpc) is 2.92. The van der Waals surface area contributed by atoms with Crippen LogP contribution in [0.3, 0.4) is 0 Å². The fourth-order valence-corrected chi connectivity index (χ4v) is 5.50. The van der Waals surface area contributed by atoms with Crippen molar-refractivity contribution in [1.82, 2.24) is 4.31 Å². The Morgan fingerprint density at radius 2 is 1.79 bits per heavy atom. The van der Waals surface area contributed by atoms with E-state index in [0.29, 0.717) is 25.0 Å². The van der Waals surface area contributed by atoms with Crippen molar-refractivity contribution in [3.05, 3.63) is 60.2 Å². The number of rotatable bonds is 6. The van der Waals surface area contributed by atoms with Gasteiger partial charge in [0.1, 0.15) is 11.8 Å². The van der Waals surface area contributed by atoms with E-state index in [0.717, 1.165) is 12.0 Å². The largest absolute Gasteiger partial charge is 0.497 e. The first kappa shape index (κ1) is 20.4. The molecule has 0 saturated carbocycles. The van der Waals surface area contributed by atoms with Crippen LogP contribution in [0.4, 0.5) is 0 Å². The predicted octanol–water partition coefficient (Wildman–Crippen LogP) is 3.18. The van der Waals surface area contributed by atoms with Crippen molar-refractivity contribution in [3.8, 4) is 5.75 Å². The number of benzene rings is 2. The summed E-state index contributed by atoms with van der Waals surface area (Å²) in [4.78, 5) is 12.3. The molecule has 28 heavy (non-hydrogen) atoms. The molecule has 1 aliphatic rings. The summed E-state index contributed by atoms with van der Waals surface area (Å²) >= 11 is 0. The molecule has 7 heteroatoms. The second kappa shape index (κ2) is 8.75. The lowest BCUT2D eigenvalue weighted by Gasteiger charge is -2.31. The normalized spacial score (nSPS) is 21.0. The van der Waals surface area contributed by atoms with E-state index in [4.69, 9.17) is 4.74 Å². The molecule has 6 nitrogen and oxygen atoms in total. The first-order valence-corrected chi connectivity index (χ1v) is 10.8. The van der Waals surface area contributed by atoms with Gasteiger partial charge in [0.15, 0.2) is 0 Å². The highest BCUT2D eigenvalue weighted by Gasteiger charge is 2.42. The van der Waals surface area contributed by atoms with Crippen LogP contribution in [0.2, 0.25) is 0 Å². The van der Waals surface area contributed by atoms with E-state index >= 15 is 0 Å². The van der Waals surface area contributed by atoms with Gasteiger partial charge in [0.2, 0.25) is 10.0 Å². The first-order chi connectivity index (χ1) is 13.4. The van der Waals surface area contributed by atoms with Crippen molar-refractivity contribution in [2.24, 2.45) is 5.92 Å². The van der Waals surface area contributed by atoms with Crippen LogP contribution in [-0.4, -0.2) is 43.5 Å². The zero-order valence-corrected chi connectivity index (χ0v) is 16.6. The minimum Gasteiger partial charge on any atom is -0.497 e. The number of aliphatic carboxylic acids is 1. The molecule has 1 saturated heterocycles. The van der Waals surface area contributed by atoms with Crippen molar-refractivity contribution in [1.29, 1.82) is 0 Å². The third-order valence-electron chi connectivity index (χ3n) is 5.22. The van der Waals surface area contributed by atoms with Gasteiger partial charge in [-0.25, -0.2) is 8.42 Å².